The number of rotatable bonds is 9. The molecular formula is C23H29N3O4S. The van der Waals surface area contributed by atoms with Crippen molar-refractivity contribution < 1.29 is 17.6 Å². The number of likely N-dealkylation sites (tertiary alicyclic amines) is 1. The molecule has 166 valence electrons. The SMILES string of the molecule is Cc1ccc(C(CNC(=O)C=Cc2ccc(S(=O)(=O)NC3CC3)cc2)N2CCCC2)o1. The van der Waals surface area contributed by atoms with Gasteiger partial charge >= 0.3 is 0 Å². The quantitative estimate of drug-likeness (QED) is 0.582. The first kappa shape index (κ1) is 21.8. The van der Waals surface area contributed by atoms with Crippen molar-refractivity contribution in [3.63, 3.8) is 0 Å². The third kappa shape index (κ3) is 5.84. The van der Waals surface area contributed by atoms with E-state index in [1.807, 2.05) is 19.1 Å². The van der Waals surface area contributed by atoms with Gasteiger partial charge < -0.3 is 9.73 Å². The summed E-state index contributed by atoms with van der Waals surface area (Å²) in [7, 11) is -3.46. The van der Waals surface area contributed by atoms with E-state index in [1.165, 1.54) is 6.08 Å². The average Bonchev–Trinajstić information content (AvgIpc) is 3.20. The molecule has 1 aliphatic carbocycles. The normalized spacial score (nSPS) is 18.5. The molecule has 1 amide bonds. The van der Waals surface area contributed by atoms with Crippen LogP contribution in [0.25, 0.3) is 6.08 Å². The smallest absolute Gasteiger partial charge is 0.244 e. The van der Waals surface area contributed by atoms with E-state index in [2.05, 4.69) is 14.9 Å². The topological polar surface area (TPSA) is 91.6 Å². The molecule has 1 atom stereocenters. The van der Waals surface area contributed by atoms with Gasteiger partial charge in [-0.1, -0.05) is 12.1 Å². The molecule has 0 spiro atoms. The van der Waals surface area contributed by atoms with E-state index in [9.17, 15) is 13.2 Å². The van der Waals surface area contributed by atoms with Crippen molar-refractivity contribution in [2.75, 3.05) is 19.6 Å². The number of nitrogens with zero attached hydrogens (tertiary/aromatic N) is 1. The summed E-state index contributed by atoms with van der Waals surface area (Å²) < 4.78 is 32.9. The number of amides is 1. The van der Waals surface area contributed by atoms with Gasteiger partial charge in [0.25, 0.3) is 0 Å². The molecule has 1 saturated carbocycles. The van der Waals surface area contributed by atoms with Crippen LogP contribution in [0.4, 0.5) is 0 Å². The Hall–Kier alpha value is -2.42. The van der Waals surface area contributed by atoms with Crippen LogP contribution in [-0.2, 0) is 14.8 Å². The van der Waals surface area contributed by atoms with Crippen molar-refractivity contribution >= 4 is 22.0 Å². The lowest BCUT2D eigenvalue weighted by Crippen LogP contribution is -2.36. The zero-order valence-electron chi connectivity index (χ0n) is 17.7. The van der Waals surface area contributed by atoms with Crippen molar-refractivity contribution in [2.24, 2.45) is 0 Å². The van der Waals surface area contributed by atoms with Crippen LogP contribution in [0.3, 0.4) is 0 Å². The van der Waals surface area contributed by atoms with E-state index in [4.69, 9.17) is 4.42 Å². The van der Waals surface area contributed by atoms with Gasteiger partial charge in [-0.2, -0.15) is 0 Å². The number of furan rings is 1. The Bertz CT molecular complexity index is 1030. The number of hydrogen-bond donors (Lipinski definition) is 2. The van der Waals surface area contributed by atoms with Gasteiger partial charge in [0.05, 0.1) is 10.9 Å². The van der Waals surface area contributed by atoms with E-state index in [0.717, 1.165) is 55.9 Å². The molecule has 2 aliphatic rings. The first-order chi connectivity index (χ1) is 14.9. The molecule has 1 aliphatic heterocycles. The molecule has 2 aromatic rings. The summed E-state index contributed by atoms with van der Waals surface area (Å²) in [6.07, 6.45) is 7.26. The Morgan fingerprint density at radius 3 is 2.48 bits per heavy atom. The minimum absolute atomic E-state index is 0.0250. The zero-order valence-corrected chi connectivity index (χ0v) is 18.5. The summed E-state index contributed by atoms with van der Waals surface area (Å²) in [5.74, 6) is 1.54. The van der Waals surface area contributed by atoms with Crippen molar-refractivity contribution in [2.45, 2.75) is 49.6 Å². The summed E-state index contributed by atoms with van der Waals surface area (Å²) in [6, 6.07) is 10.5. The van der Waals surface area contributed by atoms with Crippen LogP contribution < -0.4 is 10.0 Å². The van der Waals surface area contributed by atoms with Gasteiger partial charge in [-0.25, -0.2) is 13.1 Å². The zero-order chi connectivity index (χ0) is 21.8. The summed E-state index contributed by atoms with van der Waals surface area (Å²) in [6.45, 7) is 4.40. The minimum atomic E-state index is -3.46. The maximum Gasteiger partial charge on any atom is 0.244 e. The van der Waals surface area contributed by atoms with E-state index < -0.39 is 10.0 Å². The lowest BCUT2D eigenvalue weighted by Gasteiger charge is -2.25. The molecule has 0 radical (unpaired) electrons. The molecule has 2 N–H and O–H groups in total. The second-order valence-corrected chi connectivity index (χ2v) is 9.96. The first-order valence-corrected chi connectivity index (χ1v) is 12.3. The second kappa shape index (κ2) is 9.38. The summed E-state index contributed by atoms with van der Waals surface area (Å²) in [5.41, 5.74) is 0.762. The molecule has 0 bridgehead atoms. The summed E-state index contributed by atoms with van der Waals surface area (Å²) >= 11 is 0. The summed E-state index contributed by atoms with van der Waals surface area (Å²) in [4.78, 5) is 15.0. The Morgan fingerprint density at radius 1 is 1.16 bits per heavy atom. The third-order valence-electron chi connectivity index (χ3n) is 5.66. The van der Waals surface area contributed by atoms with Gasteiger partial charge in [0.1, 0.15) is 11.5 Å². The fourth-order valence-electron chi connectivity index (χ4n) is 3.77. The van der Waals surface area contributed by atoms with Crippen LogP contribution in [0.5, 0.6) is 0 Å². The molecule has 1 saturated heterocycles. The van der Waals surface area contributed by atoms with E-state index in [-0.39, 0.29) is 22.9 Å². The molecule has 1 aromatic carbocycles. The number of hydrogen-bond acceptors (Lipinski definition) is 5. The third-order valence-corrected chi connectivity index (χ3v) is 7.19. The van der Waals surface area contributed by atoms with Gasteiger partial charge in [-0.15, -0.1) is 0 Å². The van der Waals surface area contributed by atoms with E-state index >= 15 is 0 Å². The van der Waals surface area contributed by atoms with Crippen LogP contribution in [0, 0.1) is 6.92 Å². The Morgan fingerprint density at radius 2 is 1.87 bits per heavy atom. The highest BCUT2D eigenvalue weighted by molar-refractivity contribution is 7.89. The van der Waals surface area contributed by atoms with Gasteiger partial charge in [-0.3, -0.25) is 9.69 Å². The van der Waals surface area contributed by atoms with Crippen molar-refractivity contribution in [3.8, 4) is 0 Å². The molecule has 2 fully saturated rings. The minimum Gasteiger partial charge on any atom is -0.465 e. The standard InChI is InChI=1S/C23H29N3O4S/c1-17-4-12-22(30-17)21(26-14-2-3-15-26)16-24-23(27)13-7-18-5-10-20(11-6-18)31(28,29)25-19-8-9-19/h4-7,10-13,19,21,25H,2-3,8-9,14-16H2,1H3,(H,24,27). The summed E-state index contributed by atoms with van der Waals surface area (Å²) in [5, 5.41) is 2.97. The number of aryl methyl sites for hydroxylation is 1. The monoisotopic (exact) mass is 443 g/mol. The highest BCUT2D eigenvalue weighted by Gasteiger charge is 2.28. The van der Waals surface area contributed by atoms with Gasteiger partial charge in [0.2, 0.25) is 15.9 Å². The Balaban J connectivity index is 1.34. The first-order valence-electron chi connectivity index (χ1n) is 10.8. The number of carbonyl (C=O) groups excluding carboxylic acids is 1. The highest BCUT2D eigenvalue weighted by Crippen LogP contribution is 2.26. The lowest BCUT2D eigenvalue weighted by molar-refractivity contribution is -0.116. The fraction of sp³-hybridized carbons (Fsp3) is 0.435. The molecule has 2 heterocycles. The average molecular weight is 444 g/mol. The van der Waals surface area contributed by atoms with Crippen LogP contribution in [0.1, 0.15) is 48.8 Å². The second-order valence-electron chi connectivity index (χ2n) is 8.25. The maximum atomic E-state index is 12.4. The predicted molar refractivity (Wildman–Crippen MR) is 119 cm³/mol. The number of carbonyl (C=O) groups is 1. The van der Waals surface area contributed by atoms with Crippen molar-refractivity contribution in [1.82, 2.24) is 14.9 Å². The van der Waals surface area contributed by atoms with Crippen LogP contribution in [-0.4, -0.2) is 44.9 Å². The number of benzene rings is 1. The predicted octanol–water partition coefficient (Wildman–Crippen LogP) is 3.00. The maximum absolute atomic E-state index is 12.4. The highest BCUT2D eigenvalue weighted by atomic mass is 32.2. The Kier molecular flexibility index (Phi) is 6.60. The van der Waals surface area contributed by atoms with Gasteiger partial charge in [0, 0.05) is 18.7 Å². The molecule has 1 unspecified atom stereocenters. The van der Waals surface area contributed by atoms with E-state index in [1.54, 1.807) is 30.3 Å². The lowest BCUT2D eigenvalue weighted by atomic mass is 10.2. The largest absolute Gasteiger partial charge is 0.465 e. The molecule has 4 rings (SSSR count). The number of nitrogens with one attached hydrogen (secondary N) is 2. The molecule has 8 heteroatoms. The van der Waals surface area contributed by atoms with Gasteiger partial charge in [-0.05, 0) is 81.6 Å². The van der Waals surface area contributed by atoms with Crippen LogP contribution in [0.15, 0.2) is 51.8 Å². The molecular weight excluding hydrogens is 414 g/mol. The number of sulfonamides is 1. The molecule has 31 heavy (non-hydrogen) atoms. The Labute approximate surface area is 183 Å². The fourth-order valence-corrected chi connectivity index (χ4v) is 5.08. The van der Waals surface area contributed by atoms with Crippen molar-refractivity contribution in [1.29, 1.82) is 0 Å². The van der Waals surface area contributed by atoms with Crippen LogP contribution >= 0.6 is 0 Å². The molecule has 1 aromatic heterocycles. The molecule has 7 nitrogen and oxygen atoms in total. The van der Waals surface area contributed by atoms with E-state index in [0.29, 0.717) is 6.54 Å². The van der Waals surface area contributed by atoms with Gasteiger partial charge in [0.15, 0.2) is 0 Å². The van der Waals surface area contributed by atoms with Crippen molar-refractivity contribution in [3.05, 3.63) is 59.6 Å². The van der Waals surface area contributed by atoms with Crippen LogP contribution in [0.2, 0.25) is 0 Å².